The number of rotatable bonds is 3. The standard InChI is InChI=1S/C25H30N6O2/c1-16-12-30(23-5-4-18(10-21(16)23)19-11-26-28(3)13-19)25-22-14-29(17(2)32)8-6-24(22)31(27-25)20-7-9-33-15-20/h4-5,10-11,13,16,20H,6-9,12,14-15H2,1-3H3/t16-,20+/m1/s1. The highest BCUT2D eigenvalue weighted by Crippen LogP contribution is 2.45. The van der Waals surface area contributed by atoms with Gasteiger partial charge in [-0.1, -0.05) is 13.0 Å². The number of aromatic nitrogens is 4. The summed E-state index contributed by atoms with van der Waals surface area (Å²) in [5, 5.41) is 9.51. The third kappa shape index (κ3) is 3.35. The molecular formula is C25H30N6O2. The van der Waals surface area contributed by atoms with Gasteiger partial charge in [0.1, 0.15) is 0 Å². The Balaban J connectivity index is 1.42. The van der Waals surface area contributed by atoms with Gasteiger partial charge in [-0.25, -0.2) is 0 Å². The molecule has 0 bridgehead atoms. The number of hydrogen-bond acceptors (Lipinski definition) is 5. The average molecular weight is 447 g/mol. The Kier molecular flexibility index (Phi) is 4.79. The van der Waals surface area contributed by atoms with E-state index in [0.29, 0.717) is 19.1 Å². The highest BCUT2D eigenvalue weighted by Gasteiger charge is 2.36. The molecule has 0 radical (unpaired) electrons. The molecule has 3 aliphatic heterocycles. The smallest absolute Gasteiger partial charge is 0.219 e. The van der Waals surface area contributed by atoms with Crippen molar-refractivity contribution in [3.63, 3.8) is 0 Å². The van der Waals surface area contributed by atoms with Crippen LogP contribution in [0.2, 0.25) is 0 Å². The lowest BCUT2D eigenvalue weighted by Gasteiger charge is -2.28. The van der Waals surface area contributed by atoms with Crippen LogP contribution in [0.5, 0.6) is 0 Å². The molecule has 0 spiro atoms. The zero-order chi connectivity index (χ0) is 22.7. The normalized spacial score (nSPS) is 22.0. The second kappa shape index (κ2) is 7.73. The zero-order valence-corrected chi connectivity index (χ0v) is 19.5. The first kappa shape index (κ1) is 20.5. The van der Waals surface area contributed by atoms with Crippen LogP contribution >= 0.6 is 0 Å². The largest absolute Gasteiger partial charge is 0.379 e. The van der Waals surface area contributed by atoms with Crippen LogP contribution in [0.3, 0.4) is 0 Å². The van der Waals surface area contributed by atoms with Gasteiger partial charge < -0.3 is 14.5 Å². The number of carbonyl (C=O) groups is 1. The molecule has 172 valence electrons. The fourth-order valence-electron chi connectivity index (χ4n) is 5.55. The molecule has 3 aliphatic rings. The Morgan fingerprint density at radius 1 is 1.24 bits per heavy atom. The summed E-state index contributed by atoms with van der Waals surface area (Å²) in [7, 11) is 1.94. The molecule has 0 aliphatic carbocycles. The molecule has 33 heavy (non-hydrogen) atoms. The van der Waals surface area contributed by atoms with Gasteiger partial charge in [0.05, 0.1) is 25.4 Å². The Hall–Kier alpha value is -3.13. The van der Waals surface area contributed by atoms with E-state index in [9.17, 15) is 4.79 Å². The predicted molar refractivity (Wildman–Crippen MR) is 126 cm³/mol. The summed E-state index contributed by atoms with van der Waals surface area (Å²) in [6, 6.07) is 6.98. The van der Waals surface area contributed by atoms with Crippen molar-refractivity contribution in [2.75, 3.05) is 31.2 Å². The van der Waals surface area contributed by atoms with Crippen LogP contribution < -0.4 is 4.90 Å². The van der Waals surface area contributed by atoms with Crippen molar-refractivity contribution in [1.82, 2.24) is 24.5 Å². The van der Waals surface area contributed by atoms with Crippen LogP contribution in [0.25, 0.3) is 11.1 Å². The minimum Gasteiger partial charge on any atom is -0.379 e. The molecule has 2 aromatic heterocycles. The Morgan fingerprint density at radius 2 is 2.12 bits per heavy atom. The molecule has 0 unspecified atom stereocenters. The Labute approximate surface area is 193 Å². The molecule has 6 rings (SSSR count). The van der Waals surface area contributed by atoms with E-state index in [0.717, 1.165) is 43.9 Å². The summed E-state index contributed by atoms with van der Waals surface area (Å²) in [4.78, 5) is 16.5. The third-order valence-corrected chi connectivity index (χ3v) is 7.36. The van der Waals surface area contributed by atoms with Crippen molar-refractivity contribution >= 4 is 17.4 Å². The van der Waals surface area contributed by atoms with Gasteiger partial charge in [0.15, 0.2) is 5.82 Å². The zero-order valence-electron chi connectivity index (χ0n) is 19.5. The second-order valence-corrected chi connectivity index (χ2v) is 9.59. The number of fused-ring (bicyclic) bond motifs is 2. The van der Waals surface area contributed by atoms with E-state index >= 15 is 0 Å². The maximum atomic E-state index is 12.2. The minimum absolute atomic E-state index is 0.125. The number of nitrogens with zero attached hydrogens (tertiary/aromatic N) is 6. The molecule has 0 saturated carbocycles. The summed E-state index contributed by atoms with van der Waals surface area (Å²) in [5.74, 6) is 1.52. The topological polar surface area (TPSA) is 68.4 Å². The lowest BCUT2D eigenvalue weighted by Crippen LogP contribution is -2.35. The predicted octanol–water partition coefficient (Wildman–Crippen LogP) is 3.40. The van der Waals surface area contributed by atoms with Crippen molar-refractivity contribution in [2.45, 2.75) is 45.2 Å². The monoisotopic (exact) mass is 446 g/mol. The summed E-state index contributed by atoms with van der Waals surface area (Å²) in [6.45, 7) is 7.70. The van der Waals surface area contributed by atoms with Crippen molar-refractivity contribution in [3.05, 3.63) is 47.4 Å². The lowest BCUT2D eigenvalue weighted by molar-refractivity contribution is -0.129. The van der Waals surface area contributed by atoms with Crippen molar-refractivity contribution < 1.29 is 9.53 Å². The van der Waals surface area contributed by atoms with E-state index < -0.39 is 0 Å². The van der Waals surface area contributed by atoms with Crippen LogP contribution in [0.4, 0.5) is 11.5 Å². The van der Waals surface area contributed by atoms with Crippen molar-refractivity contribution in [2.24, 2.45) is 7.05 Å². The number of carbonyl (C=O) groups excluding carboxylic acids is 1. The van der Waals surface area contributed by atoms with Gasteiger partial charge in [0.25, 0.3) is 0 Å². The molecule has 1 saturated heterocycles. The van der Waals surface area contributed by atoms with Crippen molar-refractivity contribution in [1.29, 1.82) is 0 Å². The van der Waals surface area contributed by atoms with Gasteiger partial charge >= 0.3 is 0 Å². The van der Waals surface area contributed by atoms with E-state index in [4.69, 9.17) is 9.84 Å². The minimum atomic E-state index is 0.125. The quantitative estimate of drug-likeness (QED) is 0.617. The first-order chi connectivity index (χ1) is 16.0. The van der Waals surface area contributed by atoms with E-state index in [-0.39, 0.29) is 11.9 Å². The van der Waals surface area contributed by atoms with Crippen LogP contribution in [0.15, 0.2) is 30.6 Å². The molecule has 0 N–H and O–H groups in total. The molecule has 8 nitrogen and oxygen atoms in total. The summed E-state index contributed by atoms with van der Waals surface area (Å²) >= 11 is 0. The van der Waals surface area contributed by atoms with E-state index in [1.807, 2.05) is 22.8 Å². The molecule has 3 aromatic rings. The maximum absolute atomic E-state index is 12.2. The molecular weight excluding hydrogens is 416 g/mol. The number of benzene rings is 1. The highest BCUT2D eigenvalue weighted by atomic mass is 16.5. The summed E-state index contributed by atoms with van der Waals surface area (Å²) in [6.07, 6.45) is 5.80. The van der Waals surface area contributed by atoms with Crippen LogP contribution in [-0.2, 0) is 29.5 Å². The maximum Gasteiger partial charge on any atom is 0.219 e. The number of aryl methyl sites for hydroxylation is 1. The van der Waals surface area contributed by atoms with E-state index in [2.05, 4.69) is 46.0 Å². The molecule has 1 fully saturated rings. The van der Waals surface area contributed by atoms with Gasteiger partial charge in [0.2, 0.25) is 5.91 Å². The number of hydrogen-bond donors (Lipinski definition) is 0. The summed E-state index contributed by atoms with van der Waals surface area (Å²) in [5.41, 5.74) is 7.33. The molecule has 1 aromatic carbocycles. The van der Waals surface area contributed by atoms with Gasteiger partial charge in [-0.15, -0.1) is 0 Å². The summed E-state index contributed by atoms with van der Waals surface area (Å²) < 4.78 is 9.73. The van der Waals surface area contributed by atoms with Crippen LogP contribution in [0, 0.1) is 0 Å². The number of amides is 1. The molecule has 2 atom stereocenters. The molecule has 1 amide bonds. The number of ether oxygens (including phenoxy) is 1. The first-order valence-electron chi connectivity index (χ1n) is 11.8. The fourth-order valence-corrected chi connectivity index (χ4v) is 5.55. The van der Waals surface area contributed by atoms with Gasteiger partial charge in [0, 0.05) is 74.7 Å². The number of anilines is 2. The van der Waals surface area contributed by atoms with Crippen LogP contribution in [-0.4, -0.2) is 56.7 Å². The fraction of sp³-hybridized carbons (Fsp3) is 0.480. The lowest BCUT2D eigenvalue weighted by atomic mass is 9.99. The van der Waals surface area contributed by atoms with Gasteiger partial charge in [-0.05, 0) is 29.7 Å². The van der Waals surface area contributed by atoms with E-state index in [1.54, 1.807) is 6.92 Å². The van der Waals surface area contributed by atoms with Gasteiger partial charge in [-0.2, -0.15) is 10.2 Å². The second-order valence-electron chi connectivity index (χ2n) is 9.59. The Morgan fingerprint density at radius 3 is 2.85 bits per heavy atom. The molecule has 8 heteroatoms. The van der Waals surface area contributed by atoms with Crippen LogP contribution in [0.1, 0.15) is 49.0 Å². The average Bonchev–Trinajstić information content (AvgIpc) is 3.59. The SMILES string of the molecule is CC(=O)N1CCc2c(c(N3C[C@@H](C)c4cc(-c5cnn(C)c5)ccc43)nn2[C@H]2CCOC2)C1. The third-order valence-electron chi connectivity index (χ3n) is 7.36. The van der Waals surface area contributed by atoms with E-state index in [1.165, 1.54) is 28.1 Å². The van der Waals surface area contributed by atoms with Gasteiger partial charge in [-0.3, -0.25) is 14.2 Å². The highest BCUT2D eigenvalue weighted by molar-refractivity contribution is 5.77. The first-order valence-corrected chi connectivity index (χ1v) is 11.8. The molecule has 5 heterocycles. The Bertz CT molecular complexity index is 1220. The van der Waals surface area contributed by atoms with Crippen molar-refractivity contribution in [3.8, 4) is 11.1 Å².